The molecule has 1 heterocycles. The van der Waals surface area contributed by atoms with Crippen molar-refractivity contribution in [3.63, 3.8) is 0 Å². The summed E-state index contributed by atoms with van der Waals surface area (Å²) in [7, 11) is -3.76. The number of amides is 1. The molecule has 0 bridgehead atoms. The van der Waals surface area contributed by atoms with E-state index in [-0.39, 0.29) is 13.0 Å². The molecule has 1 aliphatic rings. The van der Waals surface area contributed by atoms with E-state index >= 15 is 0 Å². The molecule has 3 N–H and O–H groups in total. The van der Waals surface area contributed by atoms with Crippen molar-refractivity contribution in [1.29, 1.82) is 0 Å². The fraction of sp³-hybridized carbons (Fsp3) is 0.769. The van der Waals surface area contributed by atoms with E-state index in [0.717, 1.165) is 4.90 Å². The Morgan fingerprint density at radius 1 is 1.43 bits per heavy atom. The van der Waals surface area contributed by atoms with Crippen molar-refractivity contribution in [3.8, 4) is 0 Å². The van der Waals surface area contributed by atoms with Crippen LogP contribution in [0.4, 0.5) is 0 Å². The Morgan fingerprint density at radius 3 is 2.43 bits per heavy atom. The summed E-state index contributed by atoms with van der Waals surface area (Å²) in [6.45, 7) is 4.82. The number of nitrogens with zero attached hydrogens (tertiary/aromatic N) is 1. The number of hydrogen-bond donors (Lipinski definition) is 2. The first-order valence-electron chi connectivity index (χ1n) is 7.03. The lowest BCUT2D eigenvalue weighted by Gasteiger charge is -2.29. The monoisotopic (exact) mass is 350 g/mol. The normalized spacial score (nSPS) is 20.4. The predicted octanol–water partition coefficient (Wildman–Crippen LogP) is -0.692. The van der Waals surface area contributed by atoms with Gasteiger partial charge >= 0.3 is 11.9 Å². The molecule has 0 radical (unpaired) electrons. The third-order valence-electron chi connectivity index (χ3n) is 3.13. The van der Waals surface area contributed by atoms with Crippen LogP contribution in [0.5, 0.6) is 0 Å². The second kappa shape index (κ2) is 6.83. The maximum atomic E-state index is 12.2. The summed E-state index contributed by atoms with van der Waals surface area (Å²) in [5, 5.41) is 13.9. The maximum Gasteiger partial charge on any atom is 0.329 e. The lowest BCUT2D eigenvalue weighted by atomic mass is 10.1. The maximum absolute atomic E-state index is 12.2. The molecule has 1 amide bonds. The van der Waals surface area contributed by atoms with Crippen molar-refractivity contribution in [2.75, 3.05) is 12.3 Å². The Bertz CT molecular complexity index is 594. The number of carboxylic acid groups (broad SMARTS) is 1. The minimum atomic E-state index is -3.76. The average molecular weight is 350 g/mol. The van der Waals surface area contributed by atoms with E-state index in [0.29, 0.717) is 0 Å². The van der Waals surface area contributed by atoms with Gasteiger partial charge in [0.1, 0.15) is 11.6 Å². The zero-order valence-electron chi connectivity index (χ0n) is 13.3. The fourth-order valence-corrected chi connectivity index (χ4v) is 3.29. The lowest BCUT2D eigenvalue weighted by molar-refractivity contribution is -0.166. The minimum absolute atomic E-state index is 0.0492. The first-order valence-corrected chi connectivity index (χ1v) is 8.74. The molecule has 9 nitrogen and oxygen atoms in total. The van der Waals surface area contributed by atoms with Gasteiger partial charge in [-0.3, -0.25) is 9.59 Å². The molecule has 0 aromatic heterocycles. The van der Waals surface area contributed by atoms with E-state index in [1.807, 2.05) is 0 Å². The molecule has 1 fully saturated rings. The molecule has 2 atom stereocenters. The van der Waals surface area contributed by atoms with Gasteiger partial charge in [0.25, 0.3) is 0 Å². The first kappa shape index (κ1) is 19.4. The van der Waals surface area contributed by atoms with Crippen LogP contribution in [0.15, 0.2) is 0 Å². The van der Waals surface area contributed by atoms with Gasteiger partial charge in [-0.25, -0.2) is 18.4 Å². The minimum Gasteiger partial charge on any atom is -0.481 e. The van der Waals surface area contributed by atoms with Gasteiger partial charge in [-0.1, -0.05) is 0 Å². The van der Waals surface area contributed by atoms with Crippen LogP contribution < -0.4 is 5.14 Å². The molecular formula is C13H22N2O7S. The van der Waals surface area contributed by atoms with Gasteiger partial charge in [-0.05, 0) is 20.8 Å². The van der Waals surface area contributed by atoms with Crippen LogP contribution in [0.1, 0.15) is 33.6 Å². The van der Waals surface area contributed by atoms with Gasteiger partial charge in [0.05, 0.1) is 12.2 Å². The van der Waals surface area contributed by atoms with Crippen molar-refractivity contribution in [3.05, 3.63) is 0 Å². The summed E-state index contributed by atoms with van der Waals surface area (Å²) < 4.78 is 27.4. The molecule has 132 valence electrons. The highest BCUT2D eigenvalue weighted by Gasteiger charge is 2.41. The summed E-state index contributed by atoms with van der Waals surface area (Å²) in [5.41, 5.74) is -0.837. The largest absolute Gasteiger partial charge is 0.481 e. The number of carbonyl (C=O) groups is 3. The van der Waals surface area contributed by atoms with Gasteiger partial charge in [0.2, 0.25) is 15.9 Å². The van der Waals surface area contributed by atoms with Crippen LogP contribution in [-0.4, -0.2) is 60.2 Å². The summed E-state index contributed by atoms with van der Waals surface area (Å²) >= 11 is 0. The standard InChI is InChI=1S/C13H22N2O7S/c1-13(2,3)22-12(19)9(5-11(17)18)15-6-8(4-10(15)16)7-23(14,20)21/h8-9H,4-7H2,1-3H3,(H,17,18)(H2,14,20,21)/t8?,9-/m0/s1. The van der Waals surface area contributed by atoms with Crippen molar-refractivity contribution in [2.45, 2.75) is 45.3 Å². The summed E-state index contributed by atoms with van der Waals surface area (Å²) in [6, 6.07) is -1.29. The van der Waals surface area contributed by atoms with Crippen LogP contribution in [0, 0.1) is 5.92 Å². The highest BCUT2D eigenvalue weighted by molar-refractivity contribution is 7.89. The van der Waals surface area contributed by atoms with Gasteiger partial charge in [0, 0.05) is 18.9 Å². The molecule has 10 heteroatoms. The summed E-state index contributed by atoms with van der Waals surface area (Å²) in [6.07, 6.45) is -0.710. The number of nitrogens with two attached hydrogens (primary N) is 1. The van der Waals surface area contributed by atoms with E-state index in [2.05, 4.69) is 0 Å². The number of carbonyl (C=O) groups excluding carboxylic acids is 2. The predicted molar refractivity (Wildman–Crippen MR) is 79.7 cm³/mol. The smallest absolute Gasteiger partial charge is 0.329 e. The van der Waals surface area contributed by atoms with Crippen molar-refractivity contribution >= 4 is 27.9 Å². The molecule has 0 aliphatic carbocycles. The highest BCUT2D eigenvalue weighted by Crippen LogP contribution is 2.24. The average Bonchev–Trinajstić information content (AvgIpc) is 2.61. The van der Waals surface area contributed by atoms with E-state index < -0.39 is 57.6 Å². The zero-order valence-corrected chi connectivity index (χ0v) is 14.1. The molecule has 1 aliphatic heterocycles. The SMILES string of the molecule is CC(C)(C)OC(=O)[C@H](CC(=O)O)N1CC(CS(N)(=O)=O)CC1=O. The van der Waals surface area contributed by atoms with Crippen molar-refractivity contribution in [2.24, 2.45) is 11.1 Å². The number of hydrogen-bond acceptors (Lipinski definition) is 6. The van der Waals surface area contributed by atoms with Crippen LogP contribution in [0.2, 0.25) is 0 Å². The molecule has 1 unspecified atom stereocenters. The van der Waals surface area contributed by atoms with E-state index in [1.165, 1.54) is 0 Å². The number of ether oxygens (including phenoxy) is 1. The Morgan fingerprint density at radius 2 is 2.00 bits per heavy atom. The molecule has 0 spiro atoms. The highest BCUT2D eigenvalue weighted by atomic mass is 32.2. The number of aliphatic carboxylic acids is 1. The number of likely N-dealkylation sites (tertiary alicyclic amines) is 1. The van der Waals surface area contributed by atoms with Gasteiger partial charge in [-0.15, -0.1) is 0 Å². The van der Waals surface area contributed by atoms with Gasteiger partial charge in [0.15, 0.2) is 0 Å². The van der Waals surface area contributed by atoms with Gasteiger partial charge in [-0.2, -0.15) is 0 Å². The van der Waals surface area contributed by atoms with Crippen LogP contribution >= 0.6 is 0 Å². The Kier molecular flexibility index (Phi) is 5.75. The molecule has 0 saturated carbocycles. The molecule has 1 rings (SSSR count). The van der Waals surface area contributed by atoms with Gasteiger partial charge < -0.3 is 14.7 Å². The third kappa shape index (κ3) is 6.53. The molecule has 0 aromatic rings. The summed E-state index contributed by atoms with van der Waals surface area (Å²) in [4.78, 5) is 36.3. The van der Waals surface area contributed by atoms with Crippen molar-refractivity contribution < 1.29 is 32.6 Å². The Labute approximate surface area is 134 Å². The third-order valence-corrected chi connectivity index (χ3v) is 4.07. The first-order chi connectivity index (χ1) is 10.3. The summed E-state index contributed by atoms with van der Waals surface area (Å²) in [5.74, 6) is -3.55. The molecule has 23 heavy (non-hydrogen) atoms. The number of primary sulfonamides is 1. The zero-order chi connectivity index (χ0) is 18.0. The van der Waals surface area contributed by atoms with E-state index in [4.69, 9.17) is 15.0 Å². The number of rotatable bonds is 6. The van der Waals surface area contributed by atoms with Crippen LogP contribution in [0.25, 0.3) is 0 Å². The van der Waals surface area contributed by atoms with E-state index in [1.54, 1.807) is 20.8 Å². The molecule has 1 saturated heterocycles. The second-order valence-electron chi connectivity index (χ2n) is 6.59. The lowest BCUT2D eigenvalue weighted by Crippen LogP contribution is -2.46. The second-order valence-corrected chi connectivity index (χ2v) is 8.25. The molecule has 0 aromatic carbocycles. The van der Waals surface area contributed by atoms with Crippen LogP contribution in [-0.2, 0) is 29.1 Å². The Balaban J connectivity index is 2.92. The number of carboxylic acids is 1. The number of esters is 1. The van der Waals surface area contributed by atoms with Crippen LogP contribution in [0.3, 0.4) is 0 Å². The fourth-order valence-electron chi connectivity index (χ4n) is 2.41. The number of sulfonamides is 1. The quantitative estimate of drug-likeness (QED) is 0.603. The van der Waals surface area contributed by atoms with E-state index in [9.17, 15) is 22.8 Å². The Hall–Kier alpha value is -1.68. The molecular weight excluding hydrogens is 328 g/mol. The topological polar surface area (TPSA) is 144 Å². The van der Waals surface area contributed by atoms with Crippen molar-refractivity contribution in [1.82, 2.24) is 4.90 Å².